The van der Waals surface area contributed by atoms with Crippen molar-refractivity contribution >= 4 is 17.3 Å². The zero-order chi connectivity index (χ0) is 13.1. The number of rotatable bonds is 4. The summed E-state index contributed by atoms with van der Waals surface area (Å²) in [5.74, 6) is 0. The molecule has 18 heavy (non-hydrogen) atoms. The van der Waals surface area contributed by atoms with Crippen LogP contribution >= 0.6 is 11.6 Å². The van der Waals surface area contributed by atoms with Crippen molar-refractivity contribution in [1.82, 2.24) is 9.78 Å². The predicted molar refractivity (Wildman–Crippen MR) is 76.2 cm³/mol. The summed E-state index contributed by atoms with van der Waals surface area (Å²) in [5, 5.41) is 8.64. The predicted octanol–water partition coefficient (Wildman–Crippen LogP) is 3.79. The molecule has 2 aromatic rings. The first-order valence-electron chi connectivity index (χ1n) is 6.14. The Kier molecular flexibility index (Phi) is 3.92. The molecule has 0 radical (unpaired) electrons. The Bertz CT molecular complexity index is 546. The molecule has 4 heteroatoms. The molecule has 0 aliphatic rings. The van der Waals surface area contributed by atoms with Crippen LogP contribution < -0.4 is 5.32 Å². The molecule has 96 valence electrons. The first kappa shape index (κ1) is 13.0. The van der Waals surface area contributed by atoms with Gasteiger partial charge in [0.2, 0.25) is 0 Å². The molecule has 0 spiro atoms. The Morgan fingerprint density at radius 1 is 1.33 bits per heavy atom. The topological polar surface area (TPSA) is 29.9 Å². The SMILES string of the molecule is CCn1nc(C)cc1CNc1cccc(Cl)c1C. The minimum absolute atomic E-state index is 0.760. The molecule has 0 unspecified atom stereocenters. The minimum Gasteiger partial charge on any atom is -0.379 e. The molecule has 1 aromatic heterocycles. The molecule has 1 heterocycles. The van der Waals surface area contributed by atoms with Crippen molar-refractivity contribution in [1.29, 1.82) is 0 Å². The molecule has 0 aliphatic heterocycles. The molecule has 1 N–H and O–H groups in total. The molecule has 2 rings (SSSR count). The Morgan fingerprint density at radius 2 is 2.11 bits per heavy atom. The molecule has 0 aliphatic carbocycles. The van der Waals surface area contributed by atoms with E-state index in [9.17, 15) is 0 Å². The van der Waals surface area contributed by atoms with Gasteiger partial charge in [-0.05, 0) is 44.5 Å². The van der Waals surface area contributed by atoms with Gasteiger partial charge < -0.3 is 5.32 Å². The fraction of sp³-hybridized carbons (Fsp3) is 0.357. The van der Waals surface area contributed by atoms with Gasteiger partial charge in [0.05, 0.1) is 17.9 Å². The number of aromatic nitrogens is 2. The number of nitrogens with zero attached hydrogens (tertiary/aromatic N) is 2. The largest absolute Gasteiger partial charge is 0.379 e. The second-order valence-corrected chi connectivity index (χ2v) is 4.77. The fourth-order valence-corrected chi connectivity index (χ4v) is 2.17. The average molecular weight is 264 g/mol. The van der Waals surface area contributed by atoms with Gasteiger partial charge in [0.15, 0.2) is 0 Å². The summed E-state index contributed by atoms with van der Waals surface area (Å²) >= 11 is 6.10. The lowest BCUT2D eigenvalue weighted by atomic mass is 10.2. The smallest absolute Gasteiger partial charge is 0.0597 e. The van der Waals surface area contributed by atoms with Crippen molar-refractivity contribution in [2.24, 2.45) is 0 Å². The number of nitrogens with one attached hydrogen (secondary N) is 1. The van der Waals surface area contributed by atoms with Crippen LogP contribution in [0.3, 0.4) is 0 Å². The Labute approximate surface area is 113 Å². The number of anilines is 1. The summed E-state index contributed by atoms with van der Waals surface area (Å²) in [6, 6.07) is 8.01. The van der Waals surface area contributed by atoms with Gasteiger partial charge in [0, 0.05) is 17.3 Å². The molecule has 1 aromatic carbocycles. The normalized spacial score (nSPS) is 10.7. The van der Waals surface area contributed by atoms with Crippen molar-refractivity contribution in [3.63, 3.8) is 0 Å². The first-order valence-corrected chi connectivity index (χ1v) is 6.52. The third kappa shape index (κ3) is 2.67. The van der Waals surface area contributed by atoms with E-state index in [0.29, 0.717) is 0 Å². The van der Waals surface area contributed by atoms with E-state index < -0.39 is 0 Å². The van der Waals surface area contributed by atoms with Crippen LogP contribution in [0.4, 0.5) is 5.69 Å². The standard InChI is InChI=1S/C14H18ClN3/c1-4-18-12(8-10(2)17-18)9-16-14-7-5-6-13(15)11(14)3/h5-8,16H,4,9H2,1-3H3. The van der Waals surface area contributed by atoms with Crippen LogP contribution in [0.5, 0.6) is 0 Å². The highest BCUT2D eigenvalue weighted by atomic mass is 35.5. The summed E-state index contributed by atoms with van der Waals surface area (Å²) in [6.07, 6.45) is 0. The van der Waals surface area contributed by atoms with Gasteiger partial charge in [-0.15, -0.1) is 0 Å². The van der Waals surface area contributed by atoms with Gasteiger partial charge in [0.25, 0.3) is 0 Å². The van der Waals surface area contributed by atoms with Gasteiger partial charge in [-0.25, -0.2) is 0 Å². The number of hydrogen-bond donors (Lipinski definition) is 1. The zero-order valence-electron chi connectivity index (χ0n) is 11.0. The summed E-state index contributed by atoms with van der Waals surface area (Å²) in [6.45, 7) is 7.78. The van der Waals surface area contributed by atoms with Crippen molar-refractivity contribution in [3.8, 4) is 0 Å². The van der Waals surface area contributed by atoms with E-state index in [4.69, 9.17) is 11.6 Å². The van der Waals surface area contributed by atoms with E-state index in [0.717, 1.165) is 35.1 Å². The van der Waals surface area contributed by atoms with E-state index >= 15 is 0 Å². The number of aryl methyl sites for hydroxylation is 2. The highest BCUT2D eigenvalue weighted by Gasteiger charge is 2.05. The van der Waals surface area contributed by atoms with E-state index in [1.165, 1.54) is 5.69 Å². The van der Waals surface area contributed by atoms with Crippen LogP contribution in [0.25, 0.3) is 0 Å². The highest BCUT2D eigenvalue weighted by molar-refractivity contribution is 6.31. The van der Waals surface area contributed by atoms with Crippen LogP contribution in [0.1, 0.15) is 23.9 Å². The van der Waals surface area contributed by atoms with Crippen LogP contribution in [-0.4, -0.2) is 9.78 Å². The number of halogens is 1. The molecular weight excluding hydrogens is 246 g/mol. The molecule has 0 saturated heterocycles. The average Bonchev–Trinajstić information content (AvgIpc) is 2.71. The van der Waals surface area contributed by atoms with Crippen LogP contribution in [-0.2, 0) is 13.1 Å². The number of benzene rings is 1. The van der Waals surface area contributed by atoms with Crippen molar-refractivity contribution in [3.05, 3.63) is 46.2 Å². The van der Waals surface area contributed by atoms with Gasteiger partial charge >= 0.3 is 0 Å². The van der Waals surface area contributed by atoms with Gasteiger partial charge in [-0.2, -0.15) is 5.10 Å². The third-order valence-corrected chi connectivity index (χ3v) is 3.42. The molecule has 0 bridgehead atoms. The van der Waals surface area contributed by atoms with Crippen LogP contribution in [0, 0.1) is 13.8 Å². The lowest BCUT2D eigenvalue weighted by Crippen LogP contribution is -2.08. The first-order chi connectivity index (χ1) is 8.61. The Hall–Kier alpha value is -1.48. The van der Waals surface area contributed by atoms with Gasteiger partial charge in [-0.1, -0.05) is 17.7 Å². The van der Waals surface area contributed by atoms with Crippen LogP contribution in [0.15, 0.2) is 24.3 Å². The van der Waals surface area contributed by atoms with Gasteiger partial charge in [0.1, 0.15) is 0 Å². The lowest BCUT2D eigenvalue weighted by molar-refractivity contribution is 0.623. The van der Waals surface area contributed by atoms with E-state index in [-0.39, 0.29) is 0 Å². The van der Waals surface area contributed by atoms with Crippen molar-refractivity contribution < 1.29 is 0 Å². The maximum Gasteiger partial charge on any atom is 0.0597 e. The van der Waals surface area contributed by atoms with Gasteiger partial charge in [-0.3, -0.25) is 4.68 Å². The van der Waals surface area contributed by atoms with Crippen molar-refractivity contribution in [2.45, 2.75) is 33.9 Å². The third-order valence-electron chi connectivity index (χ3n) is 3.01. The van der Waals surface area contributed by atoms with Crippen LogP contribution in [0.2, 0.25) is 5.02 Å². The van der Waals surface area contributed by atoms with E-state index in [1.54, 1.807) is 0 Å². The lowest BCUT2D eigenvalue weighted by Gasteiger charge is -2.11. The number of hydrogen-bond acceptors (Lipinski definition) is 2. The van der Waals surface area contributed by atoms with Crippen molar-refractivity contribution in [2.75, 3.05) is 5.32 Å². The zero-order valence-corrected chi connectivity index (χ0v) is 11.8. The summed E-state index contributed by atoms with van der Waals surface area (Å²) in [4.78, 5) is 0. The monoisotopic (exact) mass is 263 g/mol. The molecule has 0 amide bonds. The highest BCUT2D eigenvalue weighted by Crippen LogP contribution is 2.23. The Morgan fingerprint density at radius 3 is 2.83 bits per heavy atom. The van der Waals surface area contributed by atoms with E-state index in [1.807, 2.05) is 36.7 Å². The maximum absolute atomic E-state index is 6.10. The second kappa shape index (κ2) is 5.44. The maximum atomic E-state index is 6.10. The quantitative estimate of drug-likeness (QED) is 0.910. The molecular formula is C14H18ClN3. The summed E-state index contributed by atoms with van der Waals surface area (Å²) in [5.41, 5.74) is 4.40. The molecule has 0 saturated carbocycles. The molecule has 3 nitrogen and oxygen atoms in total. The summed E-state index contributed by atoms with van der Waals surface area (Å²) in [7, 11) is 0. The molecule has 0 atom stereocenters. The molecule has 0 fully saturated rings. The minimum atomic E-state index is 0.760. The second-order valence-electron chi connectivity index (χ2n) is 4.36. The van der Waals surface area contributed by atoms with E-state index in [2.05, 4.69) is 23.4 Å². The Balaban J connectivity index is 2.13. The summed E-state index contributed by atoms with van der Waals surface area (Å²) < 4.78 is 2.02. The fourth-order valence-electron chi connectivity index (χ4n) is 2.00.